The van der Waals surface area contributed by atoms with Gasteiger partial charge in [0.15, 0.2) is 0 Å². The predicted molar refractivity (Wildman–Crippen MR) is 146 cm³/mol. The van der Waals surface area contributed by atoms with Crippen LogP contribution in [0.1, 0.15) is 17.2 Å². The monoisotopic (exact) mass is 513 g/mol. The van der Waals surface area contributed by atoms with Gasteiger partial charge in [0.05, 0.1) is 16.4 Å². The first-order valence-electron chi connectivity index (χ1n) is 12.2. The Kier molecular flexibility index (Phi) is 6.46. The van der Waals surface area contributed by atoms with E-state index in [9.17, 15) is 4.79 Å². The molecule has 0 saturated carbocycles. The molecule has 1 saturated heterocycles. The van der Waals surface area contributed by atoms with Crippen molar-refractivity contribution in [2.24, 2.45) is 0 Å². The van der Waals surface area contributed by atoms with Gasteiger partial charge in [0.2, 0.25) is 0 Å². The van der Waals surface area contributed by atoms with Crippen LogP contribution in [0.15, 0.2) is 87.6 Å². The van der Waals surface area contributed by atoms with E-state index in [1.165, 1.54) is 0 Å². The van der Waals surface area contributed by atoms with Crippen molar-refractivity contribution in [1.82, 2.24) is 9.97 Å². The van der Waals surface area contributed by atoms with E-state index in [0.717, 1.165) is 43.9 Å². The largest absolute Gasteiger partial charge is 0.455 e. The van der Waals surface area contributed by atoms with E-state index in [1.807, 2.05) is 43.4 Å². The fraction of sp³-hybridized carbons (Fsp3) is 0.214. The molecule has 0 radical (unpaired) electrons. The molecule has 2 aliphatic rings. The lowest BCUT2D eigenvalue weighted by Crippen LogP contribution is -2.41. The van der Waals surface area contributed by atoms with E-state index in [1.54, 1.807) is 24.2 Å². The lowest BCUT2D eigenvalue weighted by molar-refractivity contribution is 0.0382. The highest BCUT2D eigenvalue weighted by Crippen LogP contribution is 2.50. The zero-order chi connectivity index (χ0) is 25.2. The quantitative estimate of drug-likeness (QED) is 0.283. The molecule has 2 aromatic heterocycles. The van der Waals surface area contributed by atoms with Crippen molar-refractivity contribution < 1.29 is 9.47 Å². The third-order valence-electron chi connectivity index (χ3n) is 6.55. The molecule has 1 unspecified atom stereocenters. The summed E-state index contributed by atoms with van der Waals surface area (Å²) in [5.41, 5.74) is 3.68. The first-order chi connectivity index (χ1) is 18.2. The number of anilines is 3. The SMILES string of the molecule is CNc1ncccc1CNc1ccc2c(c1)Sc1cccc(C3CN(c4ccc[nH]c4=O)CCO3)c1O2. The Morgan fingerprint density at radius 2 is 2.08 bits per heavy atom. The number of fused-ring (bicyclic) bond motifs is 2. The van der Waals surface area contributed by atoms with E-state index in [-0.39, 0.29) is 11.7 Å². The van der Waals surface area contributed by atoms with Gasteiger partial charge in [-0.15, -0.1) is 0 Å². The number of morpholine rings is 1. The third-order valence-corrected chi connectivity index (χ3v) is 7.63. The molecule has 4 aromatic rings. The molecule has 8 nitrogen and oxygen atoms in total. The Hall–Kier alpha value is -3.95. The molecular formula is C28H27N5O3S. The van der Waals surface area contributed by atoms with Gasteiger partial charge in [-0.3, -0.25) is 4.79 Å². The van der Waals surface area contributed by atoms with E-state index < -0.39 is 0 Å². The average Bonchev–Trinajstić information content (AvgIpc) is 2.95. The standard InChI is InChI=1S/C28H27N5O3S/c1-29-27-18(5-3-11-30-27)16-32-19-9-10-22-25(15-19)37-24-8-2-6-20(26(24)36-22)23-17-33(13-14-35-23)21-7-4-12-31-28(21)34/h2-12,15,23,32H,13-14,16-17H2,1H3,(H,29,30)(H,31,34). The molecule has 6 rings (SSSR count). The molecule has 2 aliphatic heterocycles. The van der Waals surface area contributed by atoms with Crippen molar-refractivity contribution in [2.75, 3.05) is 42.3 Å². The van der Waals surface area contributed by atoms with E-state index in [0.29, 0.717) is 31.9 Å². The maximum atomic E-state index is 12.3. The summed E-state index contributed by atoms with van der Waals surface area (Å²) < 4.78 is 12.6. The van der Waals surface area contributed by atoms with Crippen LogP contribution in [0.4, 0.5) is 17.2 Å². The van der Waals surface area contributed by atoms with Crippen molar-refractivity contribution in [3.63, 3.8) is 0 Å². The molecule has 1 atom stereocenters. The highest BCUT2D eigenvalue weighted by Gasteiger charge is 2.29. The van der Waals surface area contributed by atoms with Gasteiger partial charge in [-0.2, -0.15) is 0 Å². The number of rotatable bonds is 6. The second-order valence-corrected chi connectivity index (χ2v) is 9.93. The maximum Gasteiger partial charge on any atom is 0.271 e. The van der Waals surface area contributed by atoms with Gasteiger partial charge in [-0.25, -0.2) is 4.98 Å². The van der Waals surface area contributed by atoms with Crippen molar-refractivity contribution >= 4 is 29.0 Å². The number of aromatic nitrogens is 2. The molecule has 2 aromatic carbocycles. The minimum absolute atomic E-state index is 0.0888. The smallest absolute Gasteiger partial charge is 0.271 e. The normalized spacial score (nSPS) is 16.4. The van der Waals surface area contributed by atoms with Crippen molar-refractivity contribution in [1.29, 1.82) is 0 Å². The van der Waals surface area contributed by atoms with E-state index >= 15 is 0 Å². The predicted octanol–water partition coefficient (Wildman–Crippen LogP) is 5.26. The molecule has 1 fully saturated rings. The van der Waals surface area contributed by atoms with Gasteiger partial charge in [-0.1, -0.05) is 30.0 Å². The van der Waals surface area contributed by atoms with Crippen LogP contribution in [0.25, 0.3) is 0 Å². The number of benzene rings is 2. The molecule has 9 heteroatoms. The second kappa shape index (κ2) is 10.2. The third kappa shape index (κ3) is 4.75. The van der Waals surface area contributed by atoms with Gasteiger partial charge in [0, 0.05) is 55.9 Å². The molecule has 37 heavy (non-hydrogen) atoms. The van der Waals surface area contributed by atoms with E-state index in [4.69, 9.17) is 9.47 Å². The molecule has 4 heterocycles. The molecule has 3 N–H and O–H groups in total. The zero-order valence-corrected chi connectivity index (χ0v) is 21.2. The summed E-state index contributed by atoms with van der Waals surface area (Å²) in [6, 6.07) is 20.0. The highest BCUT2D eigenvalue weighted by atomic mass is 32.2. The number of hydrogen-bond donors (Lipinski definition) is 3. The summed E-state index contributed by atoms with van der Waals surface area (Å²) in [5, 5.41) is 6.63. The summed E-state index contributed by atoms with van der Waals surface area (Å²) in [6.07, 6.45) is 3.23. The number of H-pyrrole nitrogens is 1. The lowest BCUT2D eigenvalue weighted by atomic mass is 10.1. The Labute approximate surface area is 219 Å². The fourth-order valence-electron chi connectivity index (χ4n) is 4.71. The van der Waals surface area contributed by atoms with Crippen molar-refractivity contribution in [2.45, 2.75) is 22.4 Å². The lowest BCUT2D eigenvalue weighted by Gasteiger charge is -2.35. The van der Waals surface area contributed by atoms with E-state index in [2.05, 4.69) is 49.8 Å². The number of para-hydroxylation sites is 1. The number of pyridine rings is 2. The van der Waals surface area contributed by atoms with Gasteiger partial charge in [0.1, 0.15) is 29.1 Å². The molecule has 0 spiro atoms. The maximum absolute atomic E-state index is 12.3. The van der Waals surface area contributed by atoms with Crippen molar-refractivity contribution in [3.8, 4) is 11.5 Å². The second-order valence-electron chi connectivity index (χ2n) is 8.84. The van der Waals surface area contributed by atoms with Crippen LogP contribution in [-0.4, -0.2) is 36.7 Å². The van der Waals surface area contributed by atoms with Crippen LogP contribution in [0.5, 0.6) is 11.5 Å². The summed E-state index contributed by atoms with van der Waals surface area (Å²) in [6.45, 7) is 2.44. The van der Waals surface area contributed by atoms with Gasteiger partial charge >= 0.3 is 0 Å². The highest BCUT2D eigenvalue weighted by molar-refractivity contribution is 7.99. The molecule has 0 aliphatic carbocycles. The number of ether oxygens (including phenoxy) is 2. The van der Waals surface area contributed by atoms with Crippen LogP contribution in [0.2, 0.25) is 0 Å². The zero-order valence-electron chi connectivity index (χ0n) is 20.4. The Balaban J connectivity index is 1.21. The molecular weight excluding hydrogens is 486 g/mol. The number of aromatic amines is 1. The van der Waals surface area contributed by atoms with Gasteiger partial charge in [0.25, 0.3) is 5.56 Å². The first kappa shape index (κ1) is 23.4. The summed E-state index contributed by atoms with van der Waals surface area (Å²) in [4.78, 5) is 23.7. The summed E-state index contributed by atoms with van der Waals surface area (Å²) in [7, 11) is 1.88. The number of hydrogen-bond acceptors (Lipinski definition) is 8. The molecule has 0 amide bonds. The summed E-state index contributed by atoms with van der Waals surface area (Å²) >= 11 is 1.69. The van der Waals surface area contributed by atoms with Crippen LogP contribution in [-0.2, 0) is 11.3 Å². The van der Waals surface area contributed by atoms with Gasteiger partial charge < -0.3 is 30.0 Å². The van der Waals surface area contributed by atoms with Crippen molar-refractivity contribution in [3.05, 3.63) is 94.5 Å². The Morgan fingerprint density at radius 3 is 2.97 bits per heavy atom. The van der Waals surface area contributed by atoms with Crippen LogP contribution < -0.4 is 25.8 Å². The number of nitrogens with zero attached hydrogens (tertiary/aromatic N) is 2. The Bertz CT molecular complexity index is 1490. The van der Waals surface area contributed by atoms with Crippen LogP contribution in [0, 0.1) is 0 Å². The average molecular weight is 514 g/mol. The summed E-state index contributed by atoms with van der Waals surface area (Å²) in [5.74, 6) is 2.51. The topological polar surface area (TPSA) is 91.5 Å². The van der Waals surface area contributed by atoms with Crippen LogP contribution in [0.3, 0.4) is 0 Å². The number of nitrogens with one attached hydrogen (secondary N) is 3. The fourth-order valence-corrected chi connectivity index (χ4v) is 5.74. The van der Waals surface area contributed by atoms with Crippen LogP contribution >= 0.6 is 11.8 Å². The Morgan fingerprint density at radius 1 is 1.14 bits per heavy atom. The molecule has 188 valence electrons. The van der Waals surface area contributed by atoms with Gasteiger partial charge in [-0.05, 0) is 42.5 Å². The molecule has 0 bridgehead atoms. The minimum atomic E-state index is -0.202. The first-order valence-corrected chi connectivity index (χ1v) is 13.0. The minimum Gasteiger partial charge on any atom is -0.455 e.